The van der Waals surface area contributed by atoms with Crippen LogP contribution >= 0.6 is 27.5 Å². The van der Waals surface area contributed by atoms with Crippen LogP contribution in [0.15, 0.2) is 53.0 Å². The van der Waals surface area contributed by atoms with E-state index in [1.165, 1.54) is 4.68 Å². The standard InChI is InChI=1S/C22H20BrClN4O4/c23-14-3-6-16(7-4-14)26-20(29)19-11-13-10-15(24)5-8-18(13)28(19)27-22(31)21(30)25-12-17-2-1-9-32-17/h3-8,10-11,17H,1-2,9,12H2,(H,25,30)(H,26,29)(H,27,31)/t17-/m1/s1. The lowest BCUT2D eigenvalue weighted by Crippen LogP contribution is -2.42. The molecule has 1 atom stereocenters. The van der Waals surface area contributed by atoms with Crippen molar-refractivity contribution in [1.29, 1.82) is 0 Å². The van der Waals surface area contributed by atoms with Crippen LogP contribution in [0.3, 0.4) is 0 Å². The Morgan fingerprint density at radius 3 is 2.59 bits per heavy atom. The van der Waals surface area contributed by atoms with E-state index in [-0.39, 0.29) is 18.3 Å². The van der Waals surface area contributed by atoms with Gasteiger partial charge in [-0.25, -0.2) is 4.68 Å². The first-order valence-corrected chi connectivity index (χ1v) is 11.2. The molecule has 3 N–H and O–H groups in total. The van der Waals surface area contributed by atoms with E-state index in [4.69, 9.17) is 16.3 Å². The Morgan fingerprint density at radius 1 is 1.09 bits per heavy atom. The quantitative estimate of drug-likeness (QED) is 0.448. The summed E-state index contributed by atoms with van der Waals surface area (Å²) in [6.07, 6.45) is 1.68. The number of rotatable bonds is 5. The lowest BCUT2D eigenvalue weighted by atomic mass is 10.2. The molecule has 3 amide bonds. The molecular formula is C22H20BrClN4O4. The highest BCUT2D eigenvalue weighted by atomic mass is 79.9. The number of carbonyl (C=O) groups excluding carboxylic acids is 3. The molecule has 32 heavy (non-hydrogen) atoms. The number of anilines is 1. The largest absolute Gasteiger partial charge is 0.376 e. The number of aromatic nitrogens is 1. The van der Waals surface area contributed by atoms with Crippen LogP contribution in [0, 0.1) is 0 Å². The number of amides is 3. The molecule has 0 unspecified atom stereocenters. The molecule has 8 nitrogen and oxygen atoms in total. The number of benzene rings is 2. The van der Waals surface area contributed by atoms with Crippen molar-refractivity contribution in [3.63, 3.8) is 0 Å². The van der Waals surface area contributed by atoms with E-state index in [2.05, 4.69) is 32.0 Å². The molecule has 166 valence electrons. The second kappa shape index (κ2) is 9.72. The van der Waals surface area contributed by atoms with E-state index in [9.17, 15) is 14.4 Å². The minimum atomic E-state index is -0.895. The Balaban J connectivity index is 1.56. The first-order valence-electron chi connectivity index (χ1n) is 9.99. The van der Waals surface area contributed by atoms with E-state index >= 15 is 0 Å². The zero-order valence-corrected chi connectivity index (χ0v) is 19.2. The van der Waals surface area contributed by atoms with Gasteiger partial charge in [0.1, 0.15) is 5.69 Å². The molecular weight excluding hydrogens is 500 g/mol. The molecule has 1 aromatic heterocycles. The first kappa shape index (κ1) is 22.3. The lowest BCUT2D eigenvalue weighted by Gasteiger charge is -2.14. The van der Waals surface area contributed by atoms with Crippen molar-refractivity contribution in [2.75, 3.05) is 23.9 Å². The molecule has 0 aliphatic carbocycles. The molecule has 1 aliphatic heterocycles. The van der Waals surface area contributed by atoms with Crippen molar-refractivity contribution < 1.29 is 19.1 Å². The predicted molar refractivity (Wildman–Crippen MR) is 125 cm³/mol. The van der Waals surface area contributed by atoms with E-state index in [0.29, 0.717) is 28.2 Å². The zero-order chi connectivity index (χ0) is 22.7. The maximum atomic E-state index is 13.0. The van der Waals surface area contributed by atoms with Crippen molar-refractivity contribution in [2.45, 2.75) is 18.9 Å². The van der Waals surface area contributed by atoms with Crippen molar-refractivity contribution in [3.8, 4) is 0 Å². The molecule has 0 spiro atoms. The van der Waals surface area contributed by atoms with Crippen LogP contribution in [-0.4, -0.2) is 41.7 Å². The van der Waals surface area contributed by atoms with Crippen LogP contribution in [0.1, 0.15) is 23.3 Å². The highest BCUT2D eigenvalue weighted by molar-refractivity contribution is 9.10. The second-order valence-corrected chi connectivity index (χ2v) is 8.67. The highest BCUT2D eigenvalue weighted by Crippen LogP contribution is 2.24. The third-order valence-corrected chi connectivity index (χ3v) is 5.80. The maximum absolute atomic E-state index is 13.0. The van der Waals surface area contributed by atoms with Crippen molar-refractivity contribution >= 4 is 61.8 Å². The first-order chi connectivity index (χ1) is 15.4. The minimum absolute atomic E-state index is 0.0893. The molecule has 3 aromatic rings. The molecule has 0 radical (unpaired) electrons. The average molecular weight is 520 g/mol. The lowest BCUT2D eigenvalue weighted by molar-refractivity contribution is -0.136. The van der Waals surface area contributed by atoms with Gasteiger partial charge in [0.05, 0.1) is 11.6 Å². The van der Waals surface area contributed by atoms with Gasteiger partial charge in [0, 0.05) is 33.7 Å². The Labute approximate surface area is 197 Å². The van der Waals surface area contributed by atoms with E-state index in [1.807, 2.05) is 0 Å². The van der Waals surface area contributed by atoms with Gasteiger partial charge in [0.15, 0.2) is 0 Å². The molecule has 1 fully saturated rings. The predicted octanol–water partition coefficient (Wildman–Crippen LogP) is 3.67. The number of halogens is 2. The van der Waals surface area contributed by atoms with Gasteiger partial charge in [-0.05, 0) is 61.4 Å². The van der Waals surface area contributed by atoms with Crippen LogP contribution in [0.25, 0.3) is 10.9 Å². The summed E-state index contributed by atoms with van der Waals surface area (Å²) < 4.78 is 7.61. The van der Waals surface area contributed by atoms with Crippen LogP contribution in [-0.2, 0) is 14.3 Å². The third-order valence-electron chi connectivity index (χ3n) is 5.03. The van der Waals surface area contributed by atoms with Gasteiger partial charge < -0.3 is 15.4 Å². The normalized spacial score (nSPS) is 15.5. The minimum Gasteiger partial charge on any atom is -0.376 e. The molecule has 10 heteroatoms. The smallest absolute Gasteiger partial charge is 0.328 e. The SMILES string of the molecule is O=C(NC[C@H]1CCCO1)C(=O)Nn1c(C(=O)Nc2ccc(Br)cc2)cc2cc(Cl)ccc21. The molecule has 0 saturated carbocycles. The van der Waals surface area contributed by atoms with Gasteiger partial charge in [0.2, 0.25) is 0 Å². The van der Waals surface area contributed by atoms with E-state index in [1.54, 1.807) is 48.5 Å². The number of carbonyl (C=O) groups is 3. The Kier molecular flexibility index (Phi) is 6.78. The highest BCUT2D eigenvalue weighted by Gasteiger charge is 2.23. The third kappa shape index (κ3) is 5.12. The van der Waals surface area contributed by atoms with Gasteiger partial charge in [0.25, 0.3) is 5.91 Å². The van der Waals surface area contributed by atoms with Crippen LogP contribution in [0.4, 0.5) is 5.69 Å². The van der Waals surface area contributed by atoms with Gasteiger partial charge in [-0.2, -0.15) is 0 Å². The summed E-state index contributed by atoms with van der Waals surface area (Å²) >= 11 is 9.44. The fraction of sp³-hybridized carbons (Fsp3) is 0.227. The summed E-state index contributed by atoms with van der Waals surface area (Å²) in [6.45, 7) is 0.909. The summed E-state index contributed by atoms with van der Waals surface area (Å²) in [5.74, 6) is -2.16. The van der Waals surface area contributed by atoms with Crippen LogP contribution in [0.5, 0.6) is 0 Å². The molecule has 2 heterocycles. The van der Waals surface area contributed by atoms with E-state index < -0.39 is 17.7 Å². The monoisotopic (exact) mass is 518 g/mol. The summed E-state index contributed by atoms with van der Waals surface area (Å²) in [5.41, 5.74) is 3.76. The molecule has 2 aromatic carbocycles. The molecule has 1 aliphatic rings. The summed E-state index contributed by atoms with van der Waals surface area (Å²) in [7, 11) is 0. The van der Waals surface area contributed by atoms with Crippen molar-refractivity contribution in [1.82, 2.24) is 9.99 Å². The summed E-state index contributed by atoms with van der Waals surface area (Å²) in [4.78, 5) is 37.8. The average Bonchev–Trinajstić information content (AvgIpc) is 3.41. The molecule has 4 rings (SSSR count). The summed E-state index contributed by atoms with van der Waals surface area (Å²) in [6, 6.07) is 13.6. The summed E-state index contributed by atoms with van der Waals surface area (Å²) in [5, 5.41) is 6.48. The van der Waals surface area contributed by atoms with Gasteiger partial charge >= 0.3 is 11.8 Å². The van der Waals surface area contributed by atoms with E-state index in [0.717, 1.165) is 17.3 Å². The Morgan fingerprint density at radius 2 is 1.88 bits per heavy atom. The number of fused-ring (bicyclic) bond motifs is 1. The molecule has 1 saturated heterocycles. The van der Waals surface area contributed by atoms with Crippen molar-refractivity contribution in [3.05, 3.63) is 63.7 Å². The Bertz CT molecular complexity index is 1170. The van der Waals surface area contributed by atoms with Gasteiger partial charge in [-0.15, -0.1) is 0 Å². The number of ether oxygens (including phenoxy) is 1. The maximum Gasteiger partial charge on any atom is 0.328 e. The van der Waals surface area contributed by atoms with Gasteiger partial charge in [-0.1, -0.05) is 27.5 Å². The van der Waals surface area contributed by atoms with Crippen LogP contribution < -0.4 is 16.1 Å². The molecule has 0 bridgehead atoms. The fourth-order valence-electron chi connectivity index (χ4n) is 3.45. The number of hydrogen-bond acceptors (Lipinski definition) is 4. The number of nitrogens with zero attached hydrogens (tertiary/aromatic N) is 1. The zero-order valence-electron chi connectivity index (χ0n) is 16.9. The fourth-order valence-corrected chi connectivity index (χ4v) is 3.89. The van der Waals surface area contributed by atoms with Crippen LogP contribution in [0.2, 0.25) is 5.02 Å². The second-order valence-electron chi connectivity index (χ2n) is 7.32. The topological polar surface area (TPSA) is 101 Å². The number of nitrogens with one attached hydrogen (secondary N) is 3. The van der Waals surface area contributed by atoms with Gasteiger partial charge in [-0.3, -0.25) is 19.8 Å². The number of hydrogen-bond donors (Lipinski definition) is 3. The Hall–Kier alpha value is -2.88. The van der Waals surface area contributed by atoms with Crippen molar-refractivity contribution in [2.24, 2.45) is 0 Å².